The van der Waals surface area contributed by atoms with Crippen LogP contribution in [0.2, 0.25) is 0 Å². The number of sulfonamides is 1. The molecule has 2 rings (SSSR count). The molecule has 0 radical (unpaired) electrons. The summed E-state index contributed by atoms with van der Waals surface area (Å²) in [5.41, 5.74) is -0.282. The van der Waals surface area contributed by atoms with Gasteiger partial charge in [0.1, 0.15) is 5.69 Å². The van der Waals surface area contributed by atoms with Crippen molar-refractivity contribution < 1.29 is 18.1 Å². The number of likely N-dealkylation sites (N-methyl/N-ethyl adjacent to an activating group) is 1. The summed E-state index contributed by atoms with van der Waals surface area (Å²) in [5.74, 6) is 0.130. The summed E-state index contributed by atoms with van der Waals surface area (Å²) in [6, 6.07) is 3.69. The highest BCUT2D eigenvalue weighted by Gasteiger charge is 2.30. The van der Waals surface area contributed by atoms with Gasteiger partial charge in [0.2, 0.25) is 15.9 Å². The summed E-state index contributed by atoms with van der Waals surface area (Å²) >= 11 is 0. The van der Waals surface area contributed by atoms with Gasteiger partial charge in [-0.3, -0.25) is 14.9 Å². The first-order chi connectivity index (χ1) is 11.8. The van der Waals surface area contributed by atoms with E-state index in [4.69, 9.17) is 0 Å². The number of piperidine rings is 1. The third kappa shape index (κ3) is 4.45. The number of hydrogen-bond acceptors (Lipinski definition) is 6. The van der Waals surface area contributed by atoms with E-state index >= 15 is 0 Å². The van der Waals surface area contributed by atoms with Gasteiger partial charge < -0.3 is 10.6 Å². The van der Waals surface area contributed by atoms with Crippen LogP contribution in [-0.4, -0.2) is 50.2 Å². The van der Waals surface area contributed by atoms with Crippen LogP contribution >= 0.6 is 0 Å². The van der Waals surface area contributed by atoms with Gasteiger partial charge in [0.25, 0.3) is 5.69 Å². The Kier molecular flexibility index (Phi) is 5.96. The first-order valence-electron chi connectivity index (χ1n) is 7.98. The van der Waals surface area contributed by atoms with E-state index in [9.17, 15) is 23.3 Å². The molecule has 1 aliphatic rings. The van der Waals surface area contributed by atoms with Gasteiger partial charge in [0.15, 0.2) is 0 Å². The Hall–Kier alpha value is -2.20. The predicted octanol–water partition coefficient (Wildman–Crippen LogP) is 1.17. The number of nitrogens with zero attached hydrogens (tertiary/aromatic N) is 2. The molecule has 9 nitrogen and oxygen atoms in total. The molecule has 1 saturated heterocycles. The predicted molar refractivity (Wildman–Crippen MR) is 92.8 cm³/mol. The lowest BCUT2D eigenvalue weighted by atomic mass is 10.0. The van der Waals surface area contributed by atoms with E-state index in [1.54, 1.807) is 0 Å². The molecule has 138 valence electrons. The van der Waals surface area contributed by atoms with Crippen molar-refractivity contribution in [3.8, 4) is 0 Å². The number of rotatable bonds is 6. The van der Waals surface area contributed by atoms with Crippen molar-refractivity contribution in [2.24, 2.45) is 5.92 Å². The third-order valence-corrected chi connectivity index (χ3v) is 6.16. The third-order valence-electron chi connectivity index (χ3n) is 4.26. The van der Waals surface area contributed by atoms with E-state index in [0.717, 1.165) is 18.9 Å². The molecule has 2 N–H and O–H groups in total. The molecular formula is C15H22N4O5S. The van der Waals surface area contributed by atoms with Gasteiger partial charge in [-0.25, -0.2) is 8.42 Å². The average molecular weight is 370 g/mol. The summed E-state index contributed by atoms with van der Waals surface area (Å²) in [6.45, 7) is 2.75. The number of carbonyl (C=O) groups excluding carboxylic acids is 1. The number of hydrogen-bond donors (Lipinski definition) is 2. The van der Waals surface area contributed by atoms with Crippen LogP contribution in [-0.2, 0) is 14.8 Å². The lowest BCUT2D eigenvalue weighted by molar-refractivity contribution is -0.384. The molecule has 1 fully saturated rings. The molecule has 10 heteroatoms. The van der Waals surface area contributed by atoms with Gasteiger partial charge in [0, 0.05) is 26.2 Å². The number of amides is 1. The van der Waals surface area contributed by atoms with E-state index in [1.165, 1.54) is 23.5 Å². The Bertz CT molecular complexity index is 757. The van der Waals surface area contributed by atoms with Crippen molar-refractivity contribution in [2.45, 2.75) is 24.7 Å². The molecule has 0 bridgehead atoms. The van der Waals surface area contributed by atoms with Crippen LogP contribution in [0.3, 0.4) is 0 Å². The maximum absolute atomic E-state index is 12.7. The standard InChI is InChI=1S/C15H22N4O5S/c1-11-5-7-18(8-6-11)25(23,24)12-3-4-13(14(9-12)19(21)22)17-10-15(20)16-2/h3-4,9,11,17H,5-8,10H2,1-2H3,(H,16,20). The molecule has 0 atom stereocenters. The molecule has 0 unspecified atom stereocenters. The van der Waals surface area contributed by atoms with Crippen molar-refractivity contribution in [3.63, 3.8) is 0 Å². The van der Waals surface area contributed by atoms with Gasteiger partial charge in [-0.1, -0.05) is 6.92 Å². The largest absolute Gasteiger partial charge is 0.371 e. The topological polar surface area (TPSA) is 122 Å². The Morgan fingerprint density at radius 3 is 2.56 bits per heavy atom. The summed E-state index contributed by atoms with van der Waals surface area (Å²) in [5, 5.41) is 16.3. The van der Waals surface area contributed by atoms with Gasteiger partial charge in [0.05, 0.1) is 16.4 Å². The molecule has 1 aromatic carbocycles. The Morgan fingerprint density at radius 2 is 2.00 bits per heavy atom. The fourth-order valence-electron chi connectivity index (χ4n) is 2.61. The maximum atomic E-state index is 12.7. The minimum atomic E-state index is -3.77. The average Bonchev–Trinajstić information content (AvgIpc) is 2.59. The van der Waals surface area contributed by atoms with Crippen LogP contribution in [0.15, 0.2) is 23.1 Å². The minimum absolute atomic E-state index is 0.0971. The highest BCUT2D eigenvalue weighted by atomic mass is 32.2. The number of benzene rings is 1. The van der Waals surface area contributed by atoms with Gasteiger partial charge in [-0.2, -0.15) is 4.31 Å². The van der Waals surface area contributed by atoms with Crippen molar-refractivity contribution in [2.75, 3.05) is 32.0 Å². The molecule has 1 aromatic rings. The molecule has 1 heterocycles. The second-order valence-corrected chi connectivity index (χ2v) is 7.99. The van der Waals surface area contributed by atoms with E-state index in [-0.39, 0.29) is 28.7 Å². The first kappa shape index (κ1) is 19.1. The van der Waals surface area contributed by atoms with Crippen molar-refractivity contribution in [1.29, 1.82) is 0 Å². The molecular weight excluding hydrogens is 348 g/mol. The fourth-order valence-corrected chi connectivity index (χ4v) is 4.10. The Balaban J connectivity index is 2.28. The summed E-state index contributed by atoms with van der Waals surface area (Å²) in [4.78, 5) is 21.8. The number of carbonyl (C=O) groups is 1. The lowest BCUT2D eigenvalue weighted by Crippen LogP contribution is -2.37. The molecule has 25 heavy (non-hydrogen) atoms. The molecule has 0 aromatic heterocycles. The first-order valence-corrected chi connectivity index (χ1v) is 9.42. The smallest absolute Gasteiger partial charge is 0.293 e. The number of nitro groups is 1. The highest BCUT2D eigenvalue weighted by molar-refractivity contribution is 7.89. The number of nitro benzene ring substituents is 1. The van der Waals surface area contributed by atoms with E-state index in [0.29, 0.717) is 19.0 Å². The zero-order valence-corrected chi connectivity index (χ0v) is 15.0. The van der Waals surface area contributed by atoms with Crippen LogP contribution in [0.25, 0.3) is 0 Å². The monoisotopic (exact) mass is 370 g/mol. The van der Waals surface area contributed by atoms with Crippen molar-refractivity contribution >= 4 is 27.3 Å². The summed E-state index contributed by atoms with van der Waals surface area (Å²) in [7, 11) is -2.32. The second kappa shape index (κ2) is 7.79. The Labute approximate surface area is 146 Å². The van der Waals surface area contributed by atoms with Crippen LogP contribution in [0.5, 0.6) is 0 Å². The van der Waals surface area contributed by atoms with Gasteiger partial charge in [-0.05, 0) is 30.9 Å². The minimum Gasteiger partial charge on any atom is -0.371 e. The van der Waals surface area contributed by atoms with E-state index < -0.39 is 14.9 Å². The zero-order valence-electron chi connectivity index (χ0n) is 14.2. The van der Waals surface area contributed by atoms with Crippen LogP contribution in [0, 0.1) is 16.0 Å². The Morgan fingerprint density at radius 1 is 1.36 bits per heavy atom. The summed E-state index contributed by atoms with van der Waals surface area (Å²) < 4.78 is 26.8. The van der Waals surface area contributed by atoms with Gasteiger partial charge >= 0.3 is 0 Å². The maximum Gasteiger partial charge on any atom is 0.293 e. The lowest BCUT2D eigenvalue weighted by Gasteiger charge is -2.29. The second-order valence-electron chi connectivity index (χ2n) is 6.05. The molecule has 0 spiro atoms. The molecule has 0 aliphatic carbocycles. The van der Waals surface area contributed by atoms with E-state index in [2.05, 4.69) is 17.6 Å². The van der Waals surface area contributed by atoms with Crippen LogP contribution in [0.4, 0.5) is 11.4 Å². The quantitative estimate of drug-likeness (QED) is 0.573. The van der Waals surface area contributed by atoms with E-state index in [1.807, 2.05) is 0 Å². The molecule has 1 amide bonds. The number of anilines is 1. The normalized spacial score (nSPS) is 16.4. The number of nitrogens with one attached hydrogen (secondary N) is 2. The zero-order chi connectivity index (χ0) is 18.6. The SMILES string of the molecule is CNC(=O)CNc1ccc(S(=O)(=O)N2CCC(C)CC2)cc1[N+](=O)[O-]. The molecule has 1 aliphatic heterocycles. The van der Waals surface area contributed by atoms with Crippen LogP contribution in [0.1, 0.15) is 19.8 Å². The fraction of sp³-hybridized carbons (Fsp3) is 0.533. The van der Waals surface area contributed by atoms with Gasteiger partial charge in [-0.15, -0.1) is 0 Å². The van der Waals surface area contributed by atoms with Crippen molar-refractivity contribution in [1.82, 2.24) is 9.62 Å². The summed E-state index contributed by atoms with van der Waals surface area (Å²) in [6.07, 6.45) is 1.54. The highest BCUT2D eigenvalue weighted by Crippen LogP contribution is 2.30. The molecule has 0 saturated carbocycles. The van der Waals surface area contributed by atoms with Crippen molar-refractivity contribution in [3.05, 3.63) is 28.3 Å². The van der Waals surface area contributed by atoms with Crippen LogP contribution < -0.4 is 10.6 Å².